The number of aromatic hydroxyl groups is 1. The number of phenols is 1. The maximum atomic E-state index is 12.9. The number of phenolic OH excluding ortho intramolecular Hbond substituents is 1. The van der Waals surface area contributed by atoms with Gasteiger partial charge in [-0.25, -0.2) is 9.37 Å². The molecule has 0 unspecified atom stereocenters. The second kappa shape index (κ2) is 4.33. The maximum absolute atomic E-state index is 12.9. The van der Waals surface area contributed by atoms with Crippen LogP contribution in [-0.2, 0) is 0 Å². The van der Waals surface area contributed by atoms with Crippen molar-refractivity contribution in [1.82, 2.24) is 4.98 Å². The molecule has 0 bridgehead atoms. The quantitative estimate of drug-likeness (QED) is 0.711. The zero-order chi connectivity index (χ0) is 12.7. The molecule has 5 heteroatoms. The summed E-state index contributed by atoms with van der Waals surface area (Å²) < 4.78 is 14.9. The predicted molar refractivity (Wildman–Crippen MR) is 74.4 cm³/mol. The number of fused-ring (bicyclic) bond motifs is 1. The lowest BCUT2D eigenvalue weighted by Gasteiger charge is -1.99. The summed E-state index contributed by atoms with van der Waals surface area (Å²) in [6, 6.07) is 9.76. The van der Waals surface area contributed by atoms with E-state index in [2.05, 4.69) is 20.9 Å². The summed E-state index contributed by atoms with van der Waals surface area (Å²) in [6.45, 7) is 0. The van der Waals surface area contributed by atoms with E-state index >= 15 is 0 Å². The lowest BCUT2D eigenvalue weighted by molar-refractivity contribution is 0.471. The van der Waals surface area contributed by atoms with Crippen LogP contribution in [0.5, 0.6) is 5.75 Å². The van der Waals surface area contributed by atoms with E-state index in [4.69, 9.17) is 0 Å². The number of halogens is 2. The van der Waals surface area contributed by atoms with Crippen LogP contribution in [0.2, 0.25) is 0 Å². The van der Waals surface area contributed by atoms with Gasteiger partial charge >= 0.3 is 0 Å². The molecular formula is C13H7BrFNOS. The fraction of sp³-hybridized carbons (Fsp3) is 0. The number of hydrogen-bond donors (Lipinski definition) is 1. The van der Waals surface area contributed by atoms with Crippen molar-refractivity contribution in [3.8, 4) is 16.3 Å². The number of rotatable bonds is 1. The van der Waals surface area contributed by atoms with E-state index in [0.717, 1.165) is 20.8 Å². The molecule has 0 amide bonds. The van der Waals surface area contributed by atoms with Crippen molar-refractivity contribution in [2.24, 2.45) is 0 Å². The highest BCUT2D eigenvalue weighted by molar-refractivity contribution is 9.10. The maximum Gasteiger partial charge on any atom is 0.128 e. The SMILES string of the molecule is Oc1cc(F)ccc1-c1nc2cc(Br)ccc2s1. The molecule has 18 heavy (non-hydrogen) atoms. The minimum atomic E-state index is -0.458. The lowest BCUT2D eigenvalue weighted by Crippen LogP contribution is -1.79. The lowest BCUT2D eigenvalue weighted by atomic mass is 10.2. The predicted octanol–water partition coefficient (Wildman–Crippen LogP) is 4.57. The first-order valence-electron chi connectivity index (χ1n) is 5.18. The molecule has 0 aliphatic carbocycles. The Morgan fingerprint density at radius 2 is 2.00 bits per heavy atom. The van der Waals surface area contributed by atoms with Crippen LogP contribution in [0.25, 0.3) is 20.8 Å². The number of nitrogens with zero attached hydrogens (tertiary/aromatic N) is 1. The van der Waals surface area contributed by atoms with Gasteiger partial charge in [0.05, 0.1) is 15.8 Å². The van der Waals surface area contributed by atoms with Gasteiger partial charge in [-0.1, -0.05) is 15.9 Å². The molecule has 0 spiro atoms. The Balaban J connectivity index is 2.19. The summed E-state index contributed by atoms with van der Waals surface area (Å²) in [5.41, 5.74) is 1.40. The summed E-state index contributed by atoms with van der Waals surface area (Å²) in [7, 11) is 0. The van der Waals surface area contributed by atoms with Crippen LogP contribution in [-0.4, -0.2) is 10.1 Å². The zero-order valence-corrected chi connectivity index (χ0v) is 11.4. The molecule has 0 aliphatic heterocycles. The zero-order valence-electron chi connectivity index (χ0n) is 9.02. The van der Waals surface area contributed by atoms with Crippen LogP contribution in [0.15, 0.2) is 40.9 Å². The van der Waals surface area contributed by atoms with E-state index in [-0.39, 0.29) is 5.75 Å². The van der Waals surface area contributed by atoms with E-state index in [1.54, 1.807) is 0 Å². The van der Waals surface area contributed by atoms with E-state index in [0.29, 0.717) is 10.6 Å². The van der Waals surface area contributed by atoms with Gasteiger partial charge in [-0.05, 0) is 30.3 Å². The molecule has 0 atom stereocenters. The molecule has 2 aromatic carbocycles. The Morgan fingerprint density at radius 3 is 2.78 bits per heavy atom. The molecule has 1 aromatic heterocycles. The number of benzene rings is 2. The van der Waals surface area contributed by atoms with Crippen LogP contribution in [0.4, 0.5) is 4.39 Å². The van der Waals surface area contributed by atoms with Crippen LogP contribution in [0.3, 0.4) is 0 Å². The van der Waals surface area contributed by atoms with Gasteiger partial charge < -0.3 is 5.11 Å². The van der Waals surface area contributed by atoms with Crippen LogP contribution >= 0.6 is 27.3 Å². The van der Waals surface area contributed by atoms with E-state index < -0.39 is 5.82 Å². The highest BCUT2D eigenvalue weighted by atomic mass is 79.9. The van der Waals surface area contributed by atoms with Gasteiger partial charge in [-0.15, -0.1) is 11.3 Å². The monoisotopic (exact) mass is 323 g/mol. The van der Waals surface area contributed by atoms with E-state index in [9.17, 15) is 9.50 Å². The second-order valence-electron chi connectivity index (χ2n) is 3.79. The van der Waals surface area contributed by atoms with E-state index in [1.165, 1.54) is 23.5 Å². The largest absolute Gasteiger partial charge is 0.507 e. The molecule has 90 valence electrons. The molecule has 0 saturated carbocycles. The molecule has 0 saturated heterocycles. The third-order valence-corrected chi connectivity index (χ3v) is 4.10. The van der Waals surface area contributed by atoms with Gasteiger partial charge in [-0.2, -0.15) is 0 Å². The fourth-order valence-corrected chi connectivity index (χ4v) is 3.03. The van der Waals surface area contributed by atoms with Crippen molar-refractivity contribution in [1.29, 1.82) is 0 Å². The third kappa shape index (κ3) is 2.00. The molecular weight excluding hydrogens is 317 g/mol. The molecule has 3 aromatic rings. The first-order valence-corrected chi connectivity index (χ1v) is 6.79. The van der Waals surface area contributed by atoms with Gasteiger partial charge in [0.2, 0.25) is 0 Å². The third-order valence-electron chi connectivity index (χ3n) is 2.54. The summed E-state index contributed by atoms with van der Waals surface area (Å²) >= 11 is 4.85. The normalized spacial score (nSPS) is 11.0. The Hall–Kier alpha value is -1.46. The van der Waals surface area contributed by atoms with Crippen LogP contribution in [0, 0.1) is 5.82 Å². The van der Waals surface area contributed by atoms with Gasteiger partial charge in [0.25, 0.3) is 0 Å². The van der Waals surface area contributed by atoms with Crippen molar-refractivity contribution >= 4 is 37.5 Å². The Kier molecular flexibility index (Phi) is 2.80. The summed E-state index contributed by atoms with van der Waals surface area (Å²) in [5.74, 6) is -0.548. The van der Waals surface area contributed by atoms with Crippen LogP contribution < -0.4 is 0 Å². The molecule has 0 aliphatic rings. The van der Waals surface area contributed by atoms with Gasteiger partial charge in [0.15, 0.2) is 0 Å². The molecule has 2 nitrogen and oxygen atoms in total. The highest BCUT2D eigenvalue weighted by Crippen LogP contribution is 2.36. The van der Waals surface area contributed by atoms with E-state index in [1.807, 2.05) is 18.2 Å². The molecule has 1 heterocycles. The first kappa shape index (κ1) is 11.6. The Bertz CT molecular complexity index is 741. The number of aromatic nitrogens is 1. The van der Waals surface area contributed by atoms with Gasteiger partial charge in [0.1, 0.15) is 16.6 Å². The summed E-state index contributed by atoms with van der Waals surface area (Å²) in [5, 5.41) is 10.4. The number of thiazole rings is 1. The Morgan fingerprint density at radius 1 is 1.17 bits per heavy atom. The minimum Gasteiger partial charge on any atom is -0.507 e. The molecule has 0 fully saturated rings. The number of hydrogen-bond acceptors (Lipinski definition) is 3. The fourth-order valence-electron chi connectivity index (χ4n) is 1.70. The highest BCUT2D eigenvalue weighted by Gasteiger charge is 2.11. The van der Waals surface area contributed by atoms with Crippen molar-refractivity contribution in [2.45, 2.75) is 0 Å². The van der Waals surface area contributed by atoms with Crippen LogP contribution in [0.1, 0.15) is 0 Å². The molecule has 3 rings (SSSR count). The van der Waals surface area contributed by atoms with Gasteiger partial charge in [0, 0.05) is 10.5 Å². The average Bonchev–Trinajstić information content (AvgIpc) is 2.71. The van der Waals surface area contributed by atoms with Gasteiger partial charge in [-0.3, -0.25) is 0 Å². The summed E-state index contributed by atoms with van der Waals surface area (Å²) in [4.78, 5) is 4.44. The van der Waals surface area contributed by atoms with Crippen molar-refractivity contribution in [3.05, 3.63) is 46.7 Å². The standard InChI is InChI=1S/C13H7BrFNOS/c14-7-1-4-12-10(5-7)16-13(18-12)9-3-2-8(15)6-11(9)17/h1-6,17H. The van der Waals surface area contributed by atoms with Crippen molar-refractivity contribution in [2.75, 3.05) is 0 Å². The molecule has 0 radical (unpaired) electrons. The molecule has 1 N–H and O–H groups in total. The smallest absolute Gasteiger partial charge is 0.128 e. The topological polar surface area (TPSA) is 33.1 Å². The first-order chi connectivity index (χ1) is 8.63. The second-order valence-corrected chi connectivity index (χ2v) is 5.74. The summed E-state index contributed by atoms with van der Waals surface area (Å²) in [6.07, 6.45) is 0. The average molecular weight is 324 g/mol. The Labute approximate surface area is 115 Å². The van der Waals surface area contributed by atoms with Crippen molar-refractivity contribution in [3.63, 3.8) is 0 Å². The minimum absolute atomic E-state index is 0.0897. The van der Waals surface area contributed by atoms with Crippen molar-refractivity contribution < 1.29 is 9.50 Å².